The van der Waals surface area contributed by atoms with Gasteiger partial charge in [0.05, 0.1) is 24.4 Å². The first-order chi connectivity index (χ1) is 18.2. The zero-order chi connectivity index (χ0) is 26.9. The van der Waals surface area contributed by atoms with E-state index in [-0.39, 0.29) is 35.8 Å². The average molecular weight is 534 g/mol. The predicted molar refractivity (Wildman–Crippen MR) is 152 cm³/mol. The van der Waals surface area contributed by atoms with Gasteiger partial charge in [-0.25, -0.2) is 4.98 Å². The van der Waals surface area contributed by atoms with E-state index in [1.165, 1.54) is 5.56 Å². The number of nitrogens with one attached hydrogen (secondary N) is 2. The van der Waals surface area contributed by atoms with Gasteiger partial charge in [-0.15, -0.1) is 11.3 Å². The molecule has 202 valence electrons. The Bertz CT molecular complexity index is 1250. The van der Waals surface area contributed by atoms with Gasteiger partial charge in [-0.05, 0) is 48.6 Å². The molecule has 6 atom stereocenters. The van der Waals surface area contributed by atoms with Crippen LogP contribution in [0.25, 0.3) is 0 Å². The van der Waals surface area contributed by atoms with Gasteiger partial charge in [-0.2, -0.15) is 0 Å². The summed E-state index contributed by atoms with van der Waals surface area (Å²) >= 11 is 1.65. The standard InChI is InChI=1S/C31H39N3O3S/c1-20(22-12-8-5-9-13-22)33-27(37)16-23-28-24(38-29(34-28)32-18-21-10-6-4-7-11-21)17-25-30(23,2)15-14-26(36)31(25,3)19-35/h4-13,20,23,25-26,35-36H,14-19H2,1-3H3,(H,32,34)(H,33,37)/t20-,23+,25-,26+,30-,31-/m0/s1. The highest BCUT2D eigenvalue weighted by atomic mass is 32.1. The van der Waals surface area contributed by atoms with Crippen molar-refractivity contribution in [1.82, 2.24) is 10.3 Å². The number of carbonyl (C=O) groups excluding carboxylic acids is 1. The Morgan fingerprint density at radius 1 is 1.13 bits per heavy atom. The van der Waals surface area contributed by atoms with Crippen LogP contribution in [-0.4, -0.2) is 33.8 Å². The van der Waals surface area contributed by atoms with E-state index in [2.05, 4.69) is 29.7 Å². The van der Waals surface area contributed by atoms with Crippen LogP contribution in [-0.2, 0) is 17.8 Å². The molecule has 1 fully saturated rings. The van der Waals surface area contributed by atoms with E-state index >= 15 is 0 Å². The number of aliphatic hydroxyl groups excluding tert-OH is 2. The Labute approximate surface area is 229 Å². The Hall–Kier alpha value is -2.74. The van der Waals surface area contributed by atoms with Gasteiger partial charge in [0.25, 0.3) is 0 Å². The van der Waals surface area contributed by atoms with E-state index in [4.69, 9.17) is 4.98 Å². The number of nitrogens with zero attached hydrogens (tertiary/aromatic N) is 1. The SMILES string of the molecule is C[C@H](NC(=O)C[C@@H]1c2nc(NCc3ccccc3)sc2C[C@@H]2[C@](C)(CO)[C@H](O)CC[C@]21C)c1ccccc1. The highest BCUT2D eigenvalue weighted by molar-refractivity contribution is 7.15. The van der Waals surface area contributed by atoms with Crippen LogP contribution in [0.5, 0.6) is 0 Å². The molecule has 1 aromatic heterocycles. The Balaban J connectivity index is 1.44. The Morgan fingerprint density at radius 2 is 1.82 bits per heavy atom. The van der Waals surface area contributed by atoms with E-state index in [1.807, 2.05) is 62.4 Å². The van der Waals surface area contributed by atoms with Crippen molar-refractivity contribution in [3.8, 4) is 0 Å². The van der Waals surface area contributed by atoms with Gasteiger partial charge in [0.2, 0.25) is 5.91 Å². The fourth-order valence-electron chi connectivity index (χ4n) is 6.81. The number of anilines is 1. The topological polar surface area (TPSA) is 94.5 Å². The van der Waals surface area contributed by atoms with Crippen molar-refractivity contribution in [3.05, 3.63) is 82.4 Å². The number of hydrogen-bond acceptors (Lipinski definition) is 6. The predicted octanol–water partition coefficient (Wildman–Crippen LogP) is 5.44. The fraction of sp³-hybridized carbons (Fsp3) is 0.484. The summed E-state index contributed by atoms with van der Waals surface area (Å²) in [6.07, 6.45) is 1.93. The van der Waals surface area contributed by atoms with Crippen LogP contribution < -0.4 is 10.6 Å². The molecule has 1 saturated carbocycles. The number of aromatic nitrogens is 1. The summed E-state index contributed by atoms with van der Waals surface area (Å²) in [6.45, 7) is 6.87. The fourth-order valence-corrected chi connectivity index (χ4v) is 7.87. The number of carbonyl (C=O) groups is 1. The molecule has 7 heteroatoms. The van der Waals surface area contributed by atoms with Gasteiger partial charge >= 0.3 is 0 Å². The van der Waals surface area contributed by atoms with Crippen LogP contribution in [0.1, 0.15) is 73.7 Å². The number of benzene rings is 2. The quantitative estimate of drug-likeness (QED) is 0.309. The highest BCUT2D eigenvalue weighted by Gasteiger charge is 2.59. The Kier molecular flexibility index (Phi) is 7.63. The minimum Gasteiger partial charge on any atom is -0.396 e. The molecule has 1 heterocycles. The molecule has 0 radical (unpaired) electrons. The molecule has 0 saturated heterocycles. The lowest BCUT2D eigenvalue weighted by Crippen LogP contribution is -2.57. The van der Waals surface area contributed by atoms with Crippen molar-refractivity contribution in [2.45, 2.75) is 71.1 Å². The summed E-state index contributed by atoms with van der Waals surface area (Å²) in [7, 11) is 0. The summed E-state index contributed by atoms with van der Waals surface area (Å²) in [4.78, 5) is 19.7. The third kappa shape index (κ3) is 4.99. The largest absolute Gasteiger partial charge is 0.396 e. The van der Waals surface area contributed by atoms with Crippen molar-refractivity contribution >= 4 is 22.4 Å². The number of rotatable bonds is 8. The molecular formula is C31H39N3O3S. The van der Waals surface area contributed by atoms with Crippen molar-refractivity contribution < 1.29 is 15.0 Å². The molecule has 0 bridgehead atoms. The average Bonchev–Trinajstić information content (AvgIpc) is 3.35. The number of hydrogen-bond donors (Lipinski definition) is 4. The summed E-state index contributed by atoms with van der Waals surface area (Å²) in [6, 6.07) is 20.2. The summed E-state index contributed by atoms with van der Waals surface area (Å²) in [5, 5.41) is 29.0. The summed E-state index contributed by atoms with van der Waals surface area (Å²) in [5.41, 5.74) is 2.37. The van der Waals surface area contributed by atoms with Crippen molar-refractivity contribution in [3.63, 3.8) is 0 Å². The number of fused-ring (bicyclic) bond motifs is 2. The minimum absolute atomic E-state index is 0.00259. The van der Waals surface area contributed by atoms with E-state index in [0.717, 1.165) is 34.1 Å². The molecule has 6 nitrogen and oxygen atoms in total. The van der Waals surface area contributed by atoms with Crippen LogP contribution in [0.2, 0.25) is 0 Å². The molecule has 0 aliphatic heterocycles. The molecule has 38 heavy (non-hydrogen) atoms. The van der Waals surface area contributed by atoms with Crippen molar-refractivity contribution in [2.24, 2.45) is 16.7 Å². The van der Waals surface area contributed by atoms with Crippen LogP contribution in [0.4, 0.5) is 5.13 Å². The maximum absolute atomic E-state index is 13.5. The molecule has 2 aliphatic carbocycles. The maximum atomic E-state index is 13.5. The second-order valence-electron chi connectivity index (χ2n) is 11.6. The lowest BCUT2D eigenvalue weighted by Gasteiger charge is -2.58. The molecule has 2 aliphatic rings. The molecule has 0 unspecified atom stereocenters. The summed E-state index contributed by atoms with van der Waals surface area (Å²) < 4.78 is 0. The van der Waals surface area contributed by atoms with Crippen molar-refractivity contribution in [1.29, 1.82) is 0 Å². The van der Waals surface area contributed by atoms with Gasteiger partial charge in [-0.1, -0.05) is 74.5 Å². The molecule has 1 amide bonds. The second-order valence-corrected chi connectivity index (χ2v) is 12.7. The van der Waals surface area contributed by atoms with Crippen LogP contribution in [0.3, 0.4) is 0 Å². The smallest absolute Gasteiger partial charge is 0.221 e. The molecule has 3 aromatic rings. The first-order valence-electron chi connectivity index (χ1n) is 13.6. The molecular weight excluding hydrogens is 494 g/mol. The normalized spacial score (nSPS) is 29.1. The van der Waals surface area contributed by atoms with Gasteiger partial charge in [0.1, 0.15) is 0 Å². The lowest BCUT2D eigenvalue weighted by molar-refractivity contribution is -0.144. The molecule has 4 N–H and O–H groups in total. The van der Waals surface area contributed by atoms with E-state index in [9.17, 15) is 15.0 Å². The lowest BCUT2D eigenvalue weighted by atomic mass is 9.47. The maximum Gasteiger partial charge on any atom is 0.221 e. The van der Waals surface area contributed by atoms with Crippen LogP contribution in [0.15, 0.2) is 60.7 Å². The van der Waals surface area contributed by atoms with Crippen LogP contribution in [0, 0.1) is 16.7 Å². The highest BCUT2D eigenvalue weighted by Crippen LogP contribution is 2.62. The van der Waals surface area contributed by atoms with Gasteiger partial charge < -0.3 is 20.8 Å². The van der Waals surface area contributed by atoms with E-state index < -0.39 is 11.5 Å². The molecule has 2 aromatic carbocycles. The van der Waals surface area contributed by atoms with E-state index in [1.54, 1.807) is 11.3 Å². The monoisotopic (exact) mass is 533 g/mol. The van der Waals surface area contributed by atoms with Gasteiger partial charge in [-0.3, -0.25) is 4.79 Å². The third-order valence-corrected chi connectivity index (χ3v) is 10.3. The zero-order valence-electron chi connectivity index (χ0n) is 22.5. The first-order valence-corrected chi connectivity index (χ1v) is 14.5. The van der Waals surface area contributed by atoms with E-state index in [0.29, 0.717) is 19.4 Å². The van der Waals surface area contributed by atoms with Gasteiger partial charge in [0, 0.05) is 29.2 Å². The minimum atomic E-state index is -0.627. The number of amides is 1. The second kappa shape index (κ2) is 10.8. The molecule has 0 spiro atoms. The zero-order valence-corrected chi connectivity index (χ0v) is 23.3. The first kappa shape index (κ1) is 26.9. The summed E-state index contributed by atoms with van der Waals surface area (Å²) in [5.74, 6) is -0.0491. The van der Waals surface area contributed by atoms with Crippen LogP contribution >= 0.6 is 11.3 Å². The molecule has 5 rings (SSSR count). The third-order valence-electron chi connectivity index (χ3n) is 9.25. The number of aliphatic hydroxyl groups is 2. The van der Waals surface area contributed by atoms with Gasteiger partial charge in [0.15, 0.2) is 5.13 Å². The Morgan fingerprint density at radius 3 is 2.50 bits per heavy atom. The van der Waals surface area contributed by atoms with Crippen molar-refractivity contribution in [2.75, 3.05) is 11.9 Å². The number of thiazole rings is 1.